The minimum absolute atomic E-state index is 0.202. The van der Waals surface area contributed by atoms with Crippen molar-refractivity contribution in [1.82, 2.24) is 0 Å². The van der Waals surface area contributed by atoms with E-state index in [0.717, 1.165) is 11.1 Å². The number of nitrogens with two attached hydrogens (primary N) is 1. The predicted molar refractivity (Wildman–Crippen MR) is 54.3 cm³/mol. The Bertz CT molecular complexity index is 326. The van der Waals surface area contributed by atoms with Crippen LogP contribution in [0.25, 0.3) is 0 Å². The second kappa shape index (κ2) is 4.09. The van der Waals surface area contributed by atoms with Crippen LogP contribution in [0, 0.1) is 13.8 Å². The monoisotopic (exact) mass is 245 g/mol. The molecule has 1 rings (SSSR count). The van der Waals surface area contributed by atoms with Gasteiger partial charge in [0.2, 0.25) is 0 Å². The summed E-state index contributed by atoms with van der Waals surface area (Å²) in [5.74, 6) is 5.14. The molecule has 0 radical (unpaired) electrons. The van der Waals surface area contributed by atoms with Gasteiger partial charge in [0.1, 0.15) is 5.75 Å². The molecular weight excluding hydrogens is 234 g/mol. The zero-order chi connectivity index (χ0) is 10.0. The van der Waals surface area contributed by atoms with E-state index in [1.807, 2.05) is 19.9 Å². The molecule has 13 heavy (non-hydrogen) atoms. The van der Waals surface area contributed by atoms with Crippen LogP contribution >= 0.6 is 15.9 Å². The molecule has 0 aliphatic heterocycles. The predicted octanol–water partition coefficient (Wildman–Crippen LogP) is 2.16. The van der Waals surface area contributed by atoms with E-state index in [4.69, 9.17) is 5.90 Å². The van der Waals surface area contributed by atoms with Crippen LogP contribution in [0.2, 0.25) is 0 Å². The molecule has 0 amide bonds. The van der Waals surface area contributed by atoms with Gasteiger partial charge < -0.3 is 5.11 Å². The molecule has 0 atom stereocenters. The molecule has 1 aromatic rings. The molecule has 0 heterocycles. The Kier molecular flexibility index (Phi) is 3.30. The van der Waals surface area contributed by atoms with Crippen molar-refractivity contribution in [3.63, 3.8) is 0 Å². The highest BCUT2D eigenvalue weighted by Crippen LogP contribution is 2.33. The maximum atomic E-state index is 9.65. The van der Waals surface area contributed by atoms with Crippen LogP contribution in [0.1, 0.15) is 16.7 Å². The summed E-state index contributed by atoms with van der Waals surface area (Å²) in [6.45, 7) is 4.12. The smallest absolute Gasteiger partial charge is 0.135 e. The van der Waals surface area contributed by atoms with Gasteiger partial charge >= 0.3 is 0 Å². The first-order valence-corrected chi connectivity index (χ1v) is 4.66. The molecule has 0 saturated carbocycles. The molecule has 1 aromatic carbocycles. The zero-order valence-electron chi connectivity index (χ0n) is 7.60. The summed E-state index contributed by atoms with van der Waals surface area (Å²) >= 11 is 3.30. The average molecular weight is 246 g/mol. The minimum Gasteiger partial charge on any atom is -0.506 e. The van der Waals surface area contributed by atoms with Crippen molar-refractivity contribution in [3.05, 3.63) is 27.2 Å². The topological polar surface area (TPSA) is 55.5 Å². The lowest BCUT2D eigenvalue weighted by molar-refractivity contribution is 0.122. The first kappa shape index (κ1) is 10.5. The van der Waals surface area contributed by atoms with Crippen LogP contribution in [0.4, 0.5) is 0 Å². The molecule has 0 bridgehead atoms. The molecule has 4 heteroatoms. The standard InChI is InChI=1S/C9H12BrNO2/c1-5-3-7(4-13-11)9(12)8(10)6(5)2/h3,12H,4,11H2,1-2H3. The van der Waals surface area contributed by atoms with Crippen LogP contribution < -0.4 is 5.90 Å². The molecule has 0 unspecified atom stereocenters. The second-order valence-corrected chi connectivity index (χ2v) is 3.74. The quantitative estimate of drug-likeness (QED) is 0.786. The second-order valence-electron chi connectivity index (χ2n) is 2.95. The molecule has 0 spiro atoms. The van der Waals surface area contributed by atoms with Crippen LogP contribution in [0.3, 0.4) is 0 Å². The van der Waals surface area contributed by atoms with Gasteiger partial charge in [-0.3, -0.25) is 4.84 Å². The Morgan fingerprint density at radius 3 is 2.69 bits per heavy atom. The number of rotatable bonds is 2. The van der Waals surface area contributed by atoms with Crippen LogP contribution in [0.15, 0.2) is 10.5 Å². The van der Waals surface area contributed by atoms with Crippen molar-refractivity contribution >= 4 is 15.9 Å². The van der Waals surface area contributed by atoms with E-state index in [2.05, 4.69) is 20.8 Å². The first-order chi connectivity index (χ1) is 6.07. The Morgan fingerprint density at radius 1 is 1.54 bits per heavy atom. The Hall–Kier alpha value is -0.580. The molecule has 3 nitrogen and oxygen atoms in total. The van der Waals surface area contributed by atoms with Crippen molar-refractivity contribution in [3.8, 4) is 5.75 Å². The molecule has 3 N–H and O–H groups in total. The van der Waals surface area contributed by atoms with Gasteiger partial charge in [-0.25, -0.2) is 5.90 Å². The fourth-order valence-corrected chi connectivity index (χ4v) is 1.70. The van der Waals surface area contributed by atoms with Gasteiger partial charge in [-0.2, -0.15) is 0 Å². The Morgan fingerprint density at radius 2 is 2.15 bits per heavy atom. The van der Waals surface area contributed by atoms with E-state index in [9.17, 15) is 5.11 Å². The normalized spacial score (nSPS) is 10.5. The number of hydrogen-bond acceptors (Lipinski definition) is 3. The summed E-state index contributed by atoms with van der Waals surface area (Å²) < 4.78 is 0.708. The van der Waals surface area contributed by atoms with E-state index in [-0.39, 0.29) is 12.4 Å². The average Bonchev–Trinajstić information content (AvgIpc) is 2.11. The SMILES string of the molecule is Cc1cc(CON)c(O)c(Br)c1C. The fraction of sp³-hybridized carbons (Fsp3) is 0.333. The third-order valence-electron chi connectivity index (χ3n) is 2.06. The molecule has 0 saturated heterocycles. The van der Waals surface area contributed by atoms with E-state index in [1.165, 1.54) is 0 Å². The maximum absolute atomic E-state index is 9.65. The van der Waals surface area contributed by atoms with Gasteiger partial charge in [0.25, 0.3) is 0 Å². The molecule has 0 fully saturated rings. The van der Waals surface area contributed by atoms with Gasteiger partial charge in [0.05, 0.1) is 11.1 Å². The van der Waals surface area contributed by atoms with E-state index < -0.39 is 0 Å². The van der Waals surface area contributed by atoms with Gasteiger partial charge in [-0.1, -0.05) is 0 Å². The minimum atomic E-state index is 0.202. The number of aromatic hydroxyl groups is 1. The highest BCUT2D eigenvalue weighted by Gasteiger charge is 2.10. The first-order valence-electron chi connectivity index (χ1n) is 3.87. The summed E-state index contributed by atoms with van der Waals surface area (Å²) in [4.78, 5) is 4.48. The van der Waals surface area contributed by atoms with Crippen LogP contribution in [-0.2, 0) is 11.4 Å². The van der Waals surface area contributed by atoms with E-state index >= 15 is 0 Å². The van der Waals surface area contributed by atoms with Gasteiger partial charge in [-0.15, -0.1) is 0 Å². The summed E-state index contributed by atoms with van der Waals surface area (Å²) in [5, 5.41) is 9.65. The van der Waals surface area contributed by atoms with Crippen molar-refractivity contribution in [2.45, 2.75) is 20.5 Å². The highest BCUT2D eigenvalue weighted by molar-refractivity contribution is 9.10. The summed E-state index contributed by atoms with van der Waals surface area (Å²) in [7, 11) is 0. The van der Waals surface area contributed by atoms with Crippen molar-refractivity contribution in [1.29, 1.82) is 0 Å². The summed E-state index contributed by atoms with van der Waals surface area (Å²) in [6, 6.07) is 1.86. The lowest BCUT2D eigenvalue weighted by Crippen LogP contribution is -2.00. The number of halogens is 1. The van der Waals surface area contributed by atoms with Crippen LogP contribution in [0.5, 0.6) is 5.75 Å². The largest absolute Gasteiger partial charge is 0.506 e. The number of phenolic OH excluding ortho intramolecular Hbond substituents is 1. The van der Waals surface area contributed by atoms with Crippen molar-refractivity contribution < 1.29 is 9.94 Å². The zero-order valence-corrected chi connectivity index (χ0v) is 9.18. The Balaban J connectivity index is 3.24. The molecule has 0 aliphatic carbocycles. The third-order valence-corrected chi connectivity index (χ3v) is 3.03. The van der Waals surface area contributed by atoms with Gasteiger partial charge in [0.15, 0.2) is 0 Å². The summed E-state index contributed by atoms with van der Waals surface area (Å²) in [5.41, 5.74) is 2.81. The van der Waals surface area contributed by atoms with E-state index in [1.54, 1.807) is 0 Å². The molecule has 0 aromatic heterocycles. The van der Waals surface area contributed by atoms with Crippen molar-refractivity contribution in [2.75, 3.05) is 0 Å². The van der Waals surface area contributed by atoms with Gasteiger partial charge in [0, 0.05) is 5.56 Å². The fourth-order valence-electron chi connectivity index (χ4n) is 1.13. The lowest BCUT2D eigenvalue weighted by Gasteiger charge is -2.10. The molecular formula is C9H12BrNO2. The molecule has 0 aliphatic rings. The molecule has 72 valence electrons. The van der Waals surface area contributed by atoms with Gasteiger partial charge in [-0.05, 0) is 47.0 Å². The summed E-state index contributed by atoms with van der Waals surface area (Å²) in [6.07, 6.45) is 0. The van der Waals surface area contributed by atoms with Crippen molar-refractivity contribution in [2.24, 2.45) is 5.90 Å². The maximum Gasteiger partial charge on any atom is 0.135 e. The number of benzene rings is 1. The Labute approximate surface area is 85.6 Å². The number of phenols is 1. The van der Waals surface area contributed by atoms with E-state index in [0.29, 0.717) is 10.0 Å². The third kappa shape index (κ3) is 2.02. The van der Waals surface area contributed by atoms with Crippen LogP contribution in [-0.4, -0.2) is 5.11 Å². The highest BCUT2D eigenvalue weighted by atomic mass is 79.9. The lowest BCUT2D eigenvalue weighted by atomic mass is 10.1. The number of hydrogen-bond donors (Lipinski definition) is 2. The number of aryl methyl sites for hydroxylation is 1.